The highest BCUT2D eigenvalue weighted by molar-refractivity contribution is 5.96. The average molecular weight is 291 g/mol. The van der Waals surface area contributed by atoms with Gasteiger partial charge in [-0.25, -0.2) is 4.79 Å². The van der Waals surface area contributed by atoms with Gasteiger partial charge in [0.25, 0.3) is 5.91 Å². The van der Waals surface area contributed by atoms with Gasteiger partial charge in [0, 0.05) is 12.7 Å². The monoisotopic (exact) mass is 291 g/mol. The van der Waals surface area contributed by atoms with Gasteiger partial charge >= 0.3 is 5.97 Å². The Balaban J connectivity index is 1.80. The van der Waals surface area contributed by atoms with E-state index in [1.165, 1.54) is 17.7 Å². The number of amides is 1. The fourth-order valence-corrected chi connectivity index (χ4v) is 3.47. The quantitative estimate of drug-likeness (QED) is 0.925. The molecule has 0 spiro atoms. The van der Waals surface area contributed by atoms with E-state index >= 15 is 0 Å². The summed E-state index contributed by atoms with van der Waals surface area (Å²) in [7, 11) is 0. The van der Waals surface area contributed by atoms with Crippen molar-refractivity contribution in [2.75, 3.05) is 6.54 Å². The number of hydrogen-bond acceptors (Lipinski definition) is 3. The van der Waals surface area contributed by atoms with Crippen molar-refractivity contribution in [2.45, 2.75) is 57.0 Å². The van der Waals surface area contributed by atoms with Crippen molar-refractivity contribution in [2.24, 2.45) is 0 Å². The summed E-state index contributed by atoms with van der Waals surface area (Å²) in [5, 5.41) is 13.8. The van der Waals surface area contributed by atoms with Crippen LogP contribution < -0.4 is 0 Å². The maximum absolute atomic E-state index is 12.6. The summed E-state index contributed by atoms with van der Waals surface area (Å²) in [4.78, 5) is 25.5. The molecular weight excluding hydrogens is 270 g/mol. The zero-order chi connectivity index (χ0) is 15.0. The zero-order valence-corrected chi connectivity index (χ0v) is 12.3. The fraction of sp³-hybridized carbons (Fsp3) is 0.667. The minimum Gasteiger partial charge on any atom is -0.480 e. The summed E-state index contributed by atoms with van der Waals surface area (Å²) >= 11 is 0. The summed E-state index contributed by atoms with van der Waals surface area (Å²) < 4.78 is 1.87. The van der Waals surface area contributed by atoms with Crippen LogP contribution in [0.1, 0.15) is 62.0 Å². The summed E-state index contributed by atoms with van der Waals surface area (Å²) in [5.41, 5.74) is -0.745. The fourth-order valence-electron chi connectivity index (χ4n) is 3.47. The normalized spacial score (nSPS) is 26.4. The van der Waals surface area contributed by atoms with Gasteiger partial charge in [0.2, 0.25) is 0 Å². The maximum Gasteiger partial charge on any atom is 0.329 e. The number of aromatic nitrogens is 2. The number of aliphatic carboxylic acids is 1. The van der Waals surface area contributed by atoms with Crippen molar-refractivity contribution in [1.29, 1.82) is 0 Å². The molecule has 114 valence electrons. The van der Waals surface area contributed by atoms with Crippen molar-refractivity contribution in [3.05, 3.63) is 18.0 Å². The molecule has 3 rings (SSSR count). The van der Waals surface area contributed by atoms with Gasteiger partial charge in [0.05, 0.1) is 6.04 Å². The lowest BCUT2D eigenvalue weighted by Crippen LogP contribution is -2.50. The molecule has 1 atom stereocenters. The second-order valence-electron chi connectivity index (χ2n) is 6.26. The lowest BCUT2D eigenvalue weighted by atomic mass is 9.99. The summed E-state index contributed by atoms with van der Waals surface area (Å²) in [6.45, 7) is 2.10. The molecule has 2 heterocycles. The van der Waals surface area contributed by atoms with Gasteiger partial charge in [-0.05, 0) is 38.7 Å². The number of carboxylic acids is 1. The Hall–Kier alpha value is -1.85. The Morgan fingerprint density at radius 3 is 2.71 bits per heavy atom. The van der Waals surface area contributed by atoms with E-state index in [0.717, 1.165) is 19.3 Å². The number of likely N-dealkylation sites (tertiary alicyclic amines) is 1. The third kappa shape index (κ3) is 2.32. The summed E-state index contributed by atoms with van der Waals surface area (Å²) in [6.07, 6.45) is 7.68. The Kier molecular flexibility index (Phi) is 3.47. The van der Waals surface area contributed by atoms with Gasteiger partial charge in [-0.2, -0.15) is 5.10 Å². The summed E-state index contributed by atoms with van der Waals surface area (Å²) in [5.74, 6) is -1.21. The summed E-state index contributed by atoms with van der Waals surface area (Å²) in [6, 6.07) is 2.09. The highest BCUT2D eigenvalue weighted by Gasteiger charge is 2.46. The molecule has 0 bridgehead atoms. The minimum absolute atomic E-state index is 0.269. The Morgan fingerprint density at radius 2 is 2.05 bits per heavy atom. The molecule has 6 nitrogen and oxygen atoms in total. The molecule has 0 radical (unpaired) electrons. The van der Waals surface area contributed by atoms with Crippen molar-refractivity contribution >= 4 is 11.9 Å². The molecule has 1 amide bonds. The molecule has 1 saturated heterocycles. The number of hydrogen-bond donors (Lipinski definition) is 1. The molecule has 6 heteroatoms. The first kappa shape index (κ1) is 14.1. The number of carboxylic acid groups (broad SMARTS) is 1. The lowest BCUT2D eigenvalue weighted by Gasteiger charge is -2.30. The van der Waals surface area contributed by atoms with Crippen LogP contribution in [0.2, 0.25) is 0 Å². The molecular formula is C15H21N3O3. The number of rotatable bonds is 3. The van der Waals surface area contributed by atoms with Crippen LogP contribution in [-0.2, 0) is 4.79 Å². The van der Waals surface area contributed by atoms with Crippen LogP contribution in [0.15, 0.2) is 12.3 Å². The lowest BCUT2D eigenvalue weighted by molar-refractivity contribution is -0.147. The average Bonchev–Trinajstić information content (AvgIpc) is 3.18. The van der Waals surface area contributed by atoms with E-state index in [0.29, 0.717) is 24.7 Å². The van der Waals surface area contributed by atoms with Crippen molar-refractivity contribution in [1.82, 2.24) is 14.7 Å². The molecule has 21 heavy (non-hydrogen) atoms. The maximum atomic E-state index is 12.6. The van der Waals surface area contributed by atoms with Crippen molar-refractivity contribution in [3.8, 4) is 0 Å². The minimum atomic E-state index is -1.10. The van der Waals surface area contributed by atoms with Crippen LogP contribution in [0.4, 0.5) is 0 Å². The highest BCUT2D eigenvalue weighted by Crippen LogP contribution is 2.32. The SMILES string of the molecule is CC1(C(=O)O)CCCN1C(=O)c1ccn(C2CCCC2)n1. The van der Waals surface area contributed by atoms with Crippen LogP contribution in [-0.4, -0.2) is 43.7 Å². The van der Waals surface area contributed by atoms with Crippen molar-refractivity contribution in [3.63, 3.8) is 0 Å². The largest absolute Gasteiger partial charge is 0.480 e. The smallest absolute Gasteiger partial charge is 0.329 e. The van der Waals surface area contributed by atoms with E-state index in [2.05, 4.69) is 5.10 Å². The standard InChI is InChI=1S/C15H21N3O3/c1-15(14(20)21)8-4-9-17(15)13(19)12-7-10-18(16-12)11-5-2-3-6-11/h7,10-11H,2-6,8-9H2,1H3,(H,20,21). The highest BCUT2D eigenvalue weighted by atomic mass is 16.4. The third-order valence-corrected chi connectivity index (χ3v) is 4.87. The van der Waals surface area contributed by atoms with Gasteiger partial charge in [0.1, 0.15) is 11.2 Å². The van der Waals surface area contributed by atoms with Gasteiger partial charge in [-0.15, -0.1) is 0 Å². The Bertz CT molecular complexity index is 562. The van der Waals surface area contributed by atoms with Crippen LogP contribution in [0, 0.1) is 0 Å². The first-order valence-electron chi connectivity index (χ1n) is 7.63. The van der Waals surface area contributed by atoms with E-state index in [9.17, 15) is 14.7 Å². The van der Waals surface area contributed by atoms with Gasteiger partial charge < -0.3 is 10.0 Å². The molecule has 0 aromatic carbocycles. The van der Waals surface area contributed by atoms with Crippen LogP contribution in [0.25, 0.3) is 0 Å². The van der Waals surface area contributed by atoms with Crippen LogP contribution in [0.5, 0.6) is 0 Å². The third-order valence-electron chi connectivity index (χ3n) is 4.87. The molecule has 1 N–H and O–H groups in total. The predicted octanol–water partition coefficient (Wildman–Crippen LogP) is 2.08. The van der Waals surface area contributed by atoms with E-state index in [4.69, 9.17) is 0 Å². The van der Waals surface area contributed by atoms with Crippen molar-refractivity contribution < 1.29 is 14.7 Å². The molecule has 2 aliphatic rings. The Labute approximate surface area is 123 Å². The molecule has 1 saturated carbocycles. The van der Waals surface area contributed by atoms with Gasteiger partial charge in [-0.1, -0.05) is 12.8 Å². The molecule has 1 aromatic heterocycles. The molecule has 1 aliphatic heterocycles. The number of carbonyl (C=O) groups is 2. The Morgan fingerprint density at radius 1 is 1.33 bits per heavy atom. The van der Waals surface area contributed by atoms with E-state index in [-0.39, 0.29) is 5.91 Å². The molecule has 1 aliphatic carbocycles. The second-order valence-corrected chi connectivity index (χ2v) is 6.26. The second kappa shape index (κ2) is 5.16. The van der Waals surface area contributed by atoms with E-state index in [1.54, 1.807) is 13.0 Å². The first-order chi connectivity index (χ1) is 10.0. The van der Waals surface area contributed by atoms with E-state index in [1.807, 2.05) is 10.9 Å². The topological polar surface area (TPSA) is 75.4 Å². The molecule has 1 aromatic rings. The molecule has 1 unspecified atom stereocenters. The van der Waals surface area contributed by atoms with Gasteiger partial charge in [0.15, 0.2) is 0 Å². The van der Waals surface area contributed by atoms with Gasteiger partial charge in [-0.3, -0.25) is 9.48 Å². The molecule has 2 fully saturated rings. The number of carbonyl (C=O) groups excluding carboxylic acids is 1. The zero-order valence-electron chi connectivity index (χ0n) is 12.3. The predicted molar refractivity (Wildman–Crippen MR) is 76.0 cm³/mol. The van der Waals surface area contributed by atoms with Crippen LogP contribution >= 0.6 is 0 Å². The number of nitrogens with zero attached hydrogens (tertiary/aromatic N) is 3. The first-order valence-corrected chi connectivity index (χ1v) is 7.63. The van der Waals surface area contributed by atoms with Crippen LogP contribution in [0.3, 0.4) is 0 Å². The van der Waals surface area contributed by atoms with E-state index < -0.39 is 11.5 Å².